The molecule has 2 heterocycles. The molecular weight excluding hydrogens is 430 g/mol. The highest BCUT2D eigenvalue weighted by atomic mass is 32.2. The van der Waals surface area contributed by atoms with E-state index in [2.05, 4.69) is 25.1 Å². The maximum absolute atomic E-state index is 12.3. The summed E-state index contributed by atoms with van der Waals surface area (Å²) in [6.45, 7) is -2.89. The molecule has 0 aliphatic carbocycles. The summed E-state index contributed by atoms with van der Waals surface area (Å²) in [4.78, 5) is 4.37. The van der Waals surface area contributed by atoms with E-state index in [1.54, 1.807) is 19.2 Å². The molecule has 0 radical (unpaired) electrons. The van der Waals surface area contributed by atoms with Crippen LogP contribution >= 0.6 is 11.8 Å². The number of alkyl halides is 2. The van der Waals surface area contributed by atoms with E-state index in [0.717, 1.165) is 11.3 Å². The van der Waals surface area contributed by atoms with Gasteiger partial charge in [0.2, 0.25) is 16.9 Å². The zero-order valence-electron chi connectivity index (χ0n) is 16.1. The first-order chi connectivity index (χ1) is 15.0. The number of rotatable bonds is 8. The molecule has 12 heteroatoms. The summed E-state index contributed by atoms with van der Waals surface area (Å²) in [5.41, 5.74) is 1.40. The molecule has 0 aliphatic rings. The minimum atomic E-state index is -2.89. The number of hydrogen-bond acceptors (Lipinski definition) is 9. The van der Waals surface area contributed by atoms with Crippen LogP contribution in [0.15, 0.2) is 58.2 Å². The molecule has 9 nitrogen and oxygen atoms in total. The number of ether oxygens (including phenoxy) is 2. The molecule has 4 aromatic rings. The van der Waals surface area contributed by atoms with Crippen molar-refractivity contribution in [3.05, 3.63) is 54.4 Å². The molecule has 4 rings (SSSR count). The summed E-state index contributed by atoms with van der Waals surface area (Å²) < 4.78 is 40.6. The van der Waals surface area contributed by atoms with Crippen LogP contribution in [-0.2, 0) is 5.75 Å². The van der Waals surface area contributed by atoms with Crippen molar-refractivity contribution in [2.24, 2.45) is 0 Å². The molecule has 0 spiro atoms. The second kappa shape index (κ2) is 9.00. The lowest BCUT2D eigenvalue weighted by atomic mass is 10.2. The average Bonchev–Trinajstić information content (AvgIpc) is 3.39. The first-order valence-electron chi connectivity index (χ1n) is 8.89. The molecule has 0 amide bonds. The van der Waals surface area contributed by atoms with Crippen LogP contribution in [0.2, 0.25) is 0 Å². The smallest absolute Gasteiger partial charge is 0.387 e. The molecule has 0 saturated heterocycles. The Balaban J connectivity index is 1.42. The maximum atomic E-state index is 12.3. The SMILES string of the molecule is COc1ccc(-c2noc(CSc3nnc(-c4ccc(OC(F)F)cc4)n3N)n2)cc1. The Labute approximate surface area is 179 Å². The van der Waals surface area contributed by atoms with Gasteiger partial charge in [0.05, 0.1) is 12.9 Å². The molecular formula is C19H16F2N6O3S. The molecule has 0 atom stereocenters. The fraction of sp³-hybridized carbons (Fsp3) is 0.158. The van der Waals surface area contributed by atoms with Crippen LogP contribution in [0.4, 0.5) is 8.78 Å². The van der Waals surface area contributed by atoms with E-state index in [-0.39, 0.29) is 5.75 Å². The highest BCUT2D eigenvalue weighted by Gasteiger charge is 2.15. The van der Waals surface area contributed by atoms with Crippen molar-refractivity contribution in [3.63, 3.8) is 0 Å². The second-order valence-corrected chi connectivity index (χ2v) is 7.05. The molecule has 0 unspecified atom stereocenters. The van der Waals surface area contributed by atoms with E-state index in [0.29, 0.717) is 34.0 Å². The lowest BCUT2D eigenvalue weighted by Gasteiger charge is -2.06. The molecule has 0 fully saturated rings. The second-order valence-electron chi connectivity index (χ2n) is 6.11. The fourth-order valence-electron chi connectivity index (χ4n) is 2.65. The van der Waals surface area contributed by atoms with Gasteiger partial charge in [0.1, 0.15) is 11.5 Å². The highest BCUT2D eigenvalue weighted by Crippen LogP contribution is 2.27. The summed E-state index contributed by atoms with van der Waals surface area (Å²) in [6, 6.07) is 13.2. The lowest BCUT2D eigenvalue weighted by Crippen LogP contribution is -2.11. The Hall–Kier alpha value is -3.67. The molecule has 31 heavy (non-hydrogen) atoms. The average molecular weight is 446 g/mol. The highest BCUT2D eigenvalue weighted by molar-refractivity contribution is 7.98. The van der Waals surface area contributed by atoms with Gasteiger partial charge in [-0.3, -0.25) is 0 Å². The topological polar surface area (TPSA) is 114 Å². The van der Waals surface area contributed by atoms with Gasteiger partial charge in [0.25, 0.3) is 0 Å². The van der Waals surface area contributed by atoms with Gasteiger partial charge in [0, 0.05) is 11.1 Å². The third kappa shape index (κ3) is 4.74. The zero-order chi connectivity index (χ0) is 21.8. The lowest BCUT2D eigenvalue weighted by molar-refractivity contribution is -0.0498. The zero-order valence-corrected chi connectivity index (χ0v) is 16.9. The number of methoxy groups -OCH3 is 1. The Kier molecular flexibility index (Phi) is 5.98. The molecule has 0 saturated carbocycles. The monoisotopic (exact) mass is 446 g/mol. The summed E-state index contributed by atoms with van der Waals surface area (Å²) in [5.74, 6) is 8.42. The number of nitrogens with zero attached hydrogens (tertiary/aromatic N) is 5. The molecule has 160 valence electrons. The van der Waals surface area contributed by atoms with Crippen molar-refractivity contribution < 1.29 is 22.8 Å². The van der Waals surface area contributed by atoms with E-state index in [1.807, 2.05) is 24.3 Å². The summed E-state index contributed by atoms with van der Waals surface area (Å²) in [5, 5.41) is 12.5. The fourth-order valence-corrected chi connectivity index (χ4v) is 3.35. The molecule has 0 bridgehead atoms. The van der Waals surface area contributed by atoms with Crippen LogP contribution in [0.25, 0.3) is 22.8 Å². The Morgan fingerprint density at radius 3 is 2.39 bits per heavy atom. The van der Waals surface area contributed by atoms with Gasteiger partial charge in [-0.1, -0.05) is 16.9 Å². The Bertz CT molecular complexity index is 1150. The number of nitrogen functional groups attached to an aromatic ring is 1. The number of hydrogen-bond donors (Lipinski definition) is 1. The predicted molar refractivity (Wildman–Crippen MR) is 108 cm³/mol. The first kappa shape index (κ1) is 20.6. The third-order valence-electron chi connectivity index (χ3n) is 4.14. The summed E-state index contributed by atoms with van der Waals surface area (Å²) in [7, 11) is 1.59. The number of halogens is 2. The van der Waals surface area contributed by atoms with Gasteiger partial charge in [-0.05, 0) is 48.5 Å². The van der Waals surface area contributed by atoms with Crippen molar-refractivity contribution in [1.29, 1.82) is 0 Å². The minimum absolute atomic E-state index is 0.0421. The number of benzene rings is 2. The van der Waals surface area contributed by atoms with E-state index in [4.69, 9.17) is 15.1 Å². The molecule has 2 aromatic carbocycles. The Morgan fingerprint density at radius 2 is 1.71 bits per heavy atom. The van der Waals surface area contributed by atoms with Crippen molar-refractivity contribution in [3.8, 4) is 34.3 Å². The van der Waals surface area contributed by atoms with Crippen LogP contribution in [-0.4, -0.2) is 38.7 Å². The van der Waals surface area contributed by atoms with E-state index >= 15 is 0 Å². The molecule has 0 aliphatic heterocycles. The predicted octanol–water partition coefficient (Wildman–Crippen LogP) is 3.61. The largest absolute Gasteiger partial charge is 0.497 e. The number of nitrogens with two attached hydrogens (primary N) is 1. The van der Waals surface area contributed by atoms with E-state index in [9.17, 15) is 8.78 Å². The molecule has 2 aromatic heterocycles. The van der Waals surface area contributed by atoms with Crippen LogP contribution in [0, 0.1) is 0 Å². The number of thioether (sulfide) groups is 1. The van der Waals surface area contributed by atoms with Crippen LogP contribution in [0.1, 0.15) is 5.89 Å². The quantitative estimate of drug-likeness (QED) is 0.320. The van der Waals surface area contributed by atoms with Crippen LogP contribution < -0.4 is 15.3 Å². The standard InChI is InChI=1S/C19H16F2N6O3S/c1-28-13-6-2-11(3-7-13)16-23-15(30-26-16)10-31-19-25-24-17(27(19)22)12-4-8-14(9-5-12)29-18(20)21/h2-9,18H,10,22H2,1H3. The van der Waals surface area contributed by atoms with E-state index in [1.165, 1.54) is 28.6 Å². The van der Waals surface area contributed by atoms with Gasteiger partial charge >= 0.3 is 6.61 Å². The maximum Gasteiger partial charge on any atom is 0.387 e. The van der Waals surface area contributed by atoms with Crippen LogP contribution in [0.5, 0.6) is 11.5 Å². The van der Waals surface area contributed by atoms with E-state index < -0.39 is 6.61 Å². The number of aromatic nitrogens is 5. The summed E-state index contributed by atoms with van der Waals surface area (Å²) >= 11 is 1.27. The van der Waals surface area contributed by atoms with Gasteiger partial charge in [-0.2, -0.15) is 13.8 Å². The first-order valence-corrected chi connectivity index (χ1v) is 9.87. The minimum Gasteiger partial charge on any atom is -0.497 e. The van der Waals surface area contributed by atoms with Crippen molar-refractivity contribution >= 4 is 11.8 Å². The van der Waals surface area contributed by atoms with Crippen molar-refractivity contribution in [2.45, 2.75) is 17.5 Å². The van der Waals surface area contributed by atoms with Gasteiger partial charge < -0.3 is 19.8 Å². The van der Waals surface area contributed by atoms with Crippen molar-refractivity contribution in [1.82, 2.24) is 25.0 Å². The summed E-state index contributed by atoms with van der Waals surface area (Å²) in [6.07, 6.45) is 0. The van der Waals surface area contributed by atoms with Gasteiger partial charge in [-0.25, -0.2) is 4.68 Å². The van der Waals surface area contributed by atoms with Gasteiger partial charge in [-0.15, -0.1) is 10.2 Å². The third-order valence-corrected chi connectivity index (χ3v) is 5.07. The normalized spacial score (nSPS) is 11.1. The Morgan fingerprint density at radius 1 is 1.03 bits per heavy atom. The van der Waals surface area contributed by atoms with Crippen molar-refractivity contribution in [2.75, 3.05) is 13.0 Å². The van der Waals surface area contributed by atoms with Gasteiger partial charge in [0.15, 0.2) is 5.82 Å². The molecule has 2 N–H and O–H groups in total. The van der Waals surface area contributed by atoms with Crippen LogP contribution in [0.3, 0.4) is 0 Å².